The van der Waals surface area contributed by atoms with Crippen molar-refractivity contribution >= 4 is 11.8 Å². The van der Waals surface area contributed by atoms with Gasteiger partial charge in [-0.2, -0.15) is 5.10 Å². The van der Waals surface area contributed by atoms with Crippen LogP contribution in [0.2, 0.25) is 0 Å². The highest BCUT2D eigenvalue weighted by Gasteiger charge is 2.36. The molecule has 0 saturated carbocycles. The van der Waals surface area contributed by atoms with Crippen LogP contribution in [0.3, 0.4) is 0 Å². The number of amides is 2. The second-order valence-electron chi connectivity index (χ2n) is 5.56. The zero-order valence-electron chi connectivity index (χ0n) is 13.0. The van der Waals surface area contributed by atoms with Gasteiger partial charge in [0, 0.05) is 46.0 Å². The van der Waals surface area contributed by atoms with Crippen molar-refractivity contribution in [2.45, 2.75) is 25.9 Å². The van der Waals surface area contributed by atoms with E-state index in [9.17, 15) is 9.59 Å². The molecule has 2 amide bonds. The number of nitrogens with one attached hydrogen (secondary N) is 1. The number of hydrogen-bond donors (Lipinski definition) is 1. The third-order valence-corrected chi connectivity index (χ3v) is 3.99. The van der Waals surface area contributed by atoms with Gasteiger partial charge in [-0.25, -0.2) is 0 Å². The lowest BCUT2D eigenvalue weighted by Crippen LogP contribution is -2.61. The lowest BCUT2D eigenvalue weighted by atomic mass is 10.1. The molecule has 7 nitrogen and oxygen atoms in total. The lowest BCUT2D eigenvalue weighted by Gasteiger charge is -2.42. The van der Waals surface area contributed by atoms with Crippen LogP contribution in [0.4, 0.5) is 0 Å². The fourth-order valence-electron chi connectivity index (χ4n) is 2.64. The van der Waals surface area contributed by atoms with E-state index in [-0.39, 0.29) is 11.8 Å². The van der Waals surface area contributed by atoms with E-state index in [0.717, 1.165) is 6.54 Å². The minimum Gasteiger partial charge on any atom is -0.357 e. The standard InChI is InChI=1S/C14H23N5O2/c1-10(2)18-7-8-19(12(9-18)13(20)15-3)14(21)11-5-6-16-17(11)4/h5-6,10,12H,7-9H2,1-4H3,(H,15,20). The fourth-order valence-corrected chi connectivity index (χ4v) is 2.64. The van der Waals surface area contributed by atoms with Crippen molar-refractivity contribution in [3.63, 3.8) is 0 Å². The molecule has 2 heterocycles. The van der Waals surface area contributed by atoms with Crippen LogP contribution in [0.25, 0.3) is 0 Å². The average molecular weight is 293 g/mol. The zero-order valence-corrected chi connectivity index (χ0v) is 13.0. The van der Waals surface area contributed by atoms with Gasteiger partial charge in [-0.05, 0) is 19.9 Å². The second-order valence-corrected chi connectivity index (χ2v) is 5.56. The molecule has 21 heavy (non-hydrogen) atoms. The number of rotatable bonds is 3. The normalized spacial score (nSPS) is 19.9. The molecule has 0 aromatic carbocycles. The molecular weight excluding hydrogens is 270 g/mol. The molecule has 1 saturated heterocycles. The van der Waals surface area contributed by atoms with Crippen LogP contribution < -0.4 is 5.32 Å². The highest BCUT2D eigenvalue weighted by atomic mass is 16.2. The SMILES string of the molecule is CNC(=O)C1CN(C(C)C)CCN1C(=O)c1ccnn1C. The van der Waals surface area contributed by atoms with Crippen LogP contribution in [0.5, 0.6) is 0 Å². The summed E-state index contributed by atoms with van der Waals surface area (Å²) in [7, 11) is 3.33. The van der Waals surface area contributed by atoms with E-state index in [2.05, 4.69) is 29.2 Å². The first-order valence-electron chi connectivity index (χ1n) is 7.20. The highest BCUT2D eigenvalue weighted by molar-refractivity contribution is 5.96. The number of nitrogens with zero attached hydrogens (tertiary/aromatic N) is 4. The average Bonchev–Trinajstić information content (AvgIpc) is 2.91. The van der Waals surface area contributed by atoms with Crippen molar-refractivity contribution < 1.29 is 9.59 Å². The first-order valence-corrected chi connectivity index (χ1v) is 7.20. The van der Waals surface area contributed by atoms with Gasteiger partial charge in [0.1, 0.15) is 11.7 Å². The molecule has 1 N–H and O–H groups in total. The van der Waals surface area contributed by atoms with Crippen LogP contribution in [-0.4, -0.2) is 70.2 Å². The Morgan fingerprint density at radius 1 is 1.38 bits per heavy atom. The molecule has 1 aliphatic rings. The van der Waals surface area contributed by atoms with E-state index in [1.165, 1.54) is 4.68 Å². The quantitative estimate of drug-likeness (QED) is 0.831. The number of piperazine rings is 1. The third-order valence-electron chi connectivity index (χ3n) is 3.99. The molecule has 1 aromatic heterocycles. The monoisotopic (exact) mass is 293 g/mol. The highest BCUT2D eigenvalue weighted by Crippen LogP contribution is 2.16. The van der Waals surface area contributed by atoms with Crippen molar-refractivity contribution in [2.24, 2.45) is 7.05 Å². The van der Waals surface area contributed by atoms with Gasteiger partial charge in [0.05, 0.1) is 0 Å². The molecule has 0 spiro atoms. The maximum absolute atomic E-state index is 12.7. The van der Waals surface area contributed by atoms with Crippen molar-refractivity contribution in [2.75, 3.05) is 26.7 Å². The van der Waals surface area contributed by atoms with Crippen molar-refractivity contribution in [1.82, 2.24) is 24.9 Å². The predicted molar refractivity (Wildman–Crippen MR) is 78.8 cm³/mol. The first kappa shape index (κ1) is 15.5. The molecule has 1 atom stereocenters. The van der Waals surface area contributed by atoms with E-state index >= 15 is 0 Å². The molecule has 1 aromatic rings. The van der Waals surface area contributed by atoms with Gasteiger partial charge in [-0.15, -0.1) is 0 Å². The van der Waals surface area contributed by atoms with Gasteiger partial charge >= 0.3 is 0 Å². The van der Waals surface area contributed by atoms with Crippen molar-refractivity contribution in [1.29, 1.82) is 0 Å². The van der Waals surface area contributed by atoms with E-state index in [1.54, 1.807) is 31.3 Å². The molecule has 1 aliphatic heterocycles. The molecule has 2 rings (SSSR count). The summed E-state index contributed by atoms with van der Waals surface area (Å²) >= 11 is 0. The van der Waals surface area contributed by atoms with Gasteiger partial charge in [0.25, 0.3) is 5.91 Å². The Morgan fingerprint density at radius 3 is 2.62 bits per heavy atom. The van der Waals surface area contributed by atoms with Gasteiger partial charge in [0.15, 0.2) is 0 Å². The van der Waals surface area contributed by atoms with Crippen LogP contribution in [-0.2, 0) is 11.8 Å². The van der Waals surface area contributed by atoms with Crippen LogP contribution in [0.15, 0.2) is 12.3 Å². The molecule has 7 heteroatoms. The van der Waals surface area contributed by atoms with E-state index in [4.69, 9.17) is 0 Å². The Hall–Kier alpha value is -1.89. The number of aryl methyl sites for hydroxylation is 1. The molecule has 1 fully saturated rings. The smallest absolute Gasteiger partial charge is 0.272 e. The summed E-state index contributed by atoms with van der Waals surface area (Å²) in [6.45, 7) is 6.06. The summed E-state index contributed by atoms with van der Waals surface area (Å²) in [4.78, 5) is 28.7. The molecule has 0 aliphatic carbocycles. The minimum atomic E-state index is -0.464. The number of aromatic nitrogens is 2. The Kier molecular flexibility index (Phi) is 4.62. The predicted octanol–water partition coefficient (Wildman–Crippen LogP) is -0.299. The molecular formula is C14H23N5O2. The summed E-state index contributed by atoms with van der Waals surface area (Å²) in [6.07, 6.45) is 1.59. The first-order chi connectivity index (χ1) is 9.95. The van der Waals surface area contributed by atoms with E-state index in [1.807, 2.05) is 0 Å². The largest absolute Gasteiger partial charge is 0.357 e. The second kappa shape index (κ2) is 6.26. The van der Waals surface area contributed by atoms with Gasteiger partial charge < -0.3 is 10.2 Å². The third kappa shape index (κ3) is 3.07. The number of carbonyl (C=O) groups is 2. The summed E-state index contributed by atoms with van der Waals surface area (Å²) < 4.78 is 1.54. The van der Waals surface area contributed by atoms with Crippen LogP contribution in [0, 0.1) is 0 Å². The number of carbonyl (C=O) groups excluding carboxylic acids is 2. The summed E-state index contributed by atoms with van der Waals surface area (Å²) in [5, 5.41) is 6.68. The number of likely N-dealkylation sites (N-methyl/N-ethyl adjacent to an activating group) is 1. The molecule has 1 unspecified atom stereocenters. The van der Waals surface area contributed by atoms with Gasteiger partial charge in [0.2, 0.25) is 5.91 Å². The zero-order chi connectivity index (χ0) is 15.6. The lowest BCUT2D eigenvalue weighted by molar-refractivity contribution is -0.127. The summed E-state index contributed by atoms with van der Waals surface area (Å²) in [5.74, 6) is -0.275. The summed E-state index contributed by atoms with van der Waals surface area (Å²) in [5.41, 5.74) is 0.502. The Morgan fingerprint density at radius 2 is 2.10 bits per heavy atom. The van der Waals surface area contributed by atoms with Crippen LogP contribution in [0.1, 0.15) is 24.3 Å². The Labute approximate surface area is 124 Å². The Bertz CT molecular complexity index is 525. The maximum Gasteiger partial charge on any atom is 0.272 e. The van der Waals surface area contributed by atoms with Crippen molar-refractivity contribution in [3.05, 3.63) is 18.0 Å². The van der Waals surface area contributed by atoms with E-state index < -0.39 is 6.04 Å². The summed E-state index contributed by atoms with van der Waals surface area (Å²) in [6, 6.07) is 1.57. The Balaban J connectivity index is 2.23. The van der Waals surface area contributed by atoms with Gasteiger partial charge in [-0.1, -0.05) is 0 Å². The minimum absolute atomic E-state index is 0.129. The van der Waals surface area contributed by atoms with Crippen LogP contribution >= 0.6 is 0 Å². The molecule has 0 radical (unpaired) electrons. The van der Waals surface area contributed by atoms with Gasteiger partial charge in [-0.3, -0.25) is 19.2 Å². The van der Waals surface area contributed by atoms with E-state index in [0.29, 0.717) is 24.8 Å². The fraction of sp³-hybridized carbons (Fsp3) is 0.643. The van der Waals surface area contributed by atoms with Crippen molar-refractivity contribution in [3.8, 4) is 0 Å². The molecule has 116 valence electrons. The maximum atomic E-state index is 12.7. The topological polar surface area (TPSA) is 70.5 Å². The molecule has 0 bridgehead atoms. The number of hydrogen-bond acceptors (Lipinski definition) is 4.